The number of rotatable bonds is 8. The van der Waals surface area contributed by atoms with Crippen LogP contribution in [0, 0.1) is 5.92 Å². The molecule has 18 heavy (non-hydrogen) atoms. The first-order chi connectivity index (χ1) is 8.65. The van der Waals surface area contributed by atoms with Crippen molar-refractivity contribution in [2.45, 2.75) is 40.7 Å². The van der Waals surface area contributed by atoms with Crippen LogP contribution in [0.5, 0.6) is 0 Å². The molecule has 1 heterocycles. The number of nitrogens with one attached hydrogen (secondary N) is 1. The molecule has 0 aliphatic rings. The Balaban J connectivity index is 2.51. The van der Waals surface area contributed by atoms with Gasteiger partial charge >= 0.3 is 0 Å². The maximum atomic E-state index is 4.46. The Morgan fingerprint density at radius 3 is 2.50 bits per heavy atom. The van der Waals surface area contributed by atoms with E-state index in [2.05, 4.69) is 47.9 Å². The van der Waals surface area contributed by atoms with Crippen molar-refractivity contribution in [2.75, 3.05) is 25.0 Å². The third-order valence-corrected chi connectivity index (χ3v) is 2.72. The zero-order chi connectivity index (χ0) is 13.4. The molecule has 4 nitrogen and oxygen atoms in total. The Labute approximate surface area is 111 Å². The molecule has 0 radical (unpaired) electrons. The van der Waals surface area contributed by atoms with Gasteiger partial charge in [0.05, 0.1) is 18.1 Å². The van der Waals surface area contributed by atoms with Gasteiger partial charge in [0.1, 0.15) is 5.82 Å². The Kier molecular flexibility index (Phi) is 6.65. The maximum absolute atomic E-state index is 4.46. The smallest absolute Gasteiger partial charge is 0.144 e. The van der Waals surface area contributed by atoms with E-state index in [0.29, 0.717) is 5.92 Å². The first-order valence-electron chi connectivity index (χ1n) is 6.92. The molecule has 0 aromatic carbocycles. The Morgan fingerprint density at radius 1 is 1.22 bits per heavy atom. The lowest BCUT2D eigenvalue weighted by atomic mass is 10.2. The van der Waals surface area contributed by atoms with Crippen molar-refractivity contribution < 1.29 is 0 Å². The first kappa shape index (κ1) is 14.9. The number of hydrogen-bond donors (Lipinski definition) is 1. The lowest BCUT2D eigenvalue weighted by Gasteiger charge is -2.21. The normalized spacial score (nSPS) is 11.2. The molecule has 0 bridgehead atoms. The molecule has 0 aliphatic heterocycles. The Morgan fingerprint density at radius 2 is 2.00 bits per heavy atom. The third-order valence-electron chi connectivity index (χ3n) is 2.72. The highest BCUT2D eigenvalue weighted by Gasteiger charge is 2.07. The van der Waals surface area contributed by atoms with E-state index in [-0.39, 0.29) is 0 Å². The van der Waals surface area contributed by atoms with E-state index in [9.17, 15) is 0 Å². The van der Waals surface area contributed by atoms with Gasteiger partial charge in [0.2, 0.25) is 0 Å². The van der Waals surface area contributed by atoms with Crippen molar-refractivity contribution in [3.8, 4) is 0 Å². The summed E-state index contributed by atoms with van der Waals surface area (Å²) in [5.74, 6) is 1.55. The monoisotopic (exact) mass is 250 g/mol. The number of anilines is 1. The lowest BCUT2D eigenvalue weighted by Crippen LogP contribution is -2.27. The zero-order valence-corrected chi connectivity index (χ0v) is 12.1. The molecule has 0 saturated heterocycles. The van der Waals surface area contributed by atoms with E-state index in [0.717, 1.165) is 44.1 Å². The van der Waals surface area contributed by atoms with Gasteiger partial charge in [0.25, 0.3) is 0 Å². The second-order valence-electron chi connectivity index (χ2n) is 5.04. The van der Waals surface area contributed by atoms with Crippen LogP contribution in [0.2, 0.25) is 0 Å². The van der Waals surface area contributed by atoms with Crippen molar-refractivity contribution in [2.24, 2.45) is 5.92 Å². The van der Waals surface area contributed by atoms with Crippen molar-refractivity contribution in [3.63, 3.8) is 0 Å². The number of nitrogens with zero attached hydrogens (tertiary/aromatic N) is 3. The van der Waals surface area contributed by atoms with Crippen LogP contribution in [-0.4, -0.2) is 34.5 Å². The van der Waals surface area contributed by atoms with Crippen LogP contribution in [-0.2, 0) is 6.54 Å². The van der Waals surface area contributed by atoms with Gasteiger partial charge in [-0.1, -0.05) is 27.7 Å². The average Bonchev–Trinajstić information content (AvgIpc) is 2.36. The molecule has 1 N–H and O–H groups in total. The van der Waals surface area contributed by atoms with Crippen LogP contribution >= 0.6 is 0 Å². The molecule has 0 unspecified atom stereocenters. The summed E-state index contributed by atoms with van der Waals surface area (Å²) in [6, 6.07) is 0. The number of hydrogen-bond acceptors (Lipinski definition) is 4. The minimum atomic E-state index is 0.684. The zero-order valence-electron chi connectivity index (χ0n) is 12.1. The van der Waals surface area contributed by atoms with Gasteiger partial charge in [-0.05, 0) is 18.9 Å². The molecule has 102 valence electrons. The maximum Gasteiger partial charge on any atom is 0.144 e. The number of aromatic nitrogens is 2. The largest absolute Gasteiger partial charge is 0.369 e. The minimum Gasteiger partial charge on any atom is -0.369 e. The second-order valence-corrected chi connectivity index (χ2v) is 5.04. The fourth-order valence-corrected chi connectivity index (χ4v) is 1.83. The fourth-order valence-electron chi connectivity index (χ4n) is 1.83. The van der Waals surface area contributed by atoms with E-state index >= 15 is 0 Å². The SMILES string of the molecule is CCCNc1cnc(CN(CC)CC(C)C)cn1. The van der Waals surface area contributed by atoms with Crippen LogP contribution in [0.1, 0.15) is 39.8 Å². The first-order valence-corrected chi connectivity index (χ1v) is 6.92. The topological polar surface area (TPSA) is 41.1 Å². The van der Waals surface area contributed by atoms with Crippen LogP contribution in [0.4, 0.5) is 5.82 Å². The van der Waals surface area contributed by atoms with Gasteiger partial charge in [-0.25, -0.2) is 4.98 Å². The van der Waals surface area contributed by atoms with E-state index < -0.39 is 0 Å². The van der Waals surface area contributed by atoms with E-state index in [1.807, 2.05) is 12.4 Å². The molecular weight excluding hydrogens is 224 g/mol. The average molecular weight is 250 g/mol. The molecular formula is C14H26N4. The summed E-state index contributed by atoms with van der Waals surface area (Å²) in [6.07, 6.45) is 4.80. The second kappa shape index (κ2) is 8.03. The Bertz CT molecular complexity index is 321. The summed E-state index contributed by atoms with van der Waals surface area (Å²) in [7, 11) is 0. The lowest BCUT2D eigenvalue weighted by molar-refractivity contribution is 0.245. The van der Waals surface area contributed by atoms with Gasteiger partial charge < -0.3 is 5.32 Å². The third kappa shape index (κ3) is 5.45. The summed E-state index contributed by atoms with van der Waals surface area (Å²) < 4.78 is 0. The molecule has 0 fully saturated rings. The van der Waals surface area contributed by atoms with Crippen molar-refractivity contribution in [1.29, 1.82) is 0 Å². The summed E-state index contributed by atoms with van der Waals surface area (Å²) in [4.78, 5) is 11.2. The summed E-state index contributed by atoms with van der Waals surface area (Å²) in [5, 5.41) is 3.23. The molecule has 1 rings (SSSR count). The summed E-state index contributed by atoms with van der Waals surface area (Å²) in [5.41, 5.74) is 1.04. The molecule has 0 saturated carbocycles. The van der Waals surface area contributed by atoms with E-state index in [1.54, 1.807) is 0 Å². The highest BCUT2D eigenvalue weighted by molar-refractivity contribution is 5.30. The van der Waals surface area contributed by atoms with Gasteiger partial charge in [-0.2, -0.15) is 0 Å². The van der Waals surface area contributed by atoms with Gasteiger partial charge in [-0.3, -0.25) is 9.88 Å². The van der Waals surface area contributed by atoms with Crippen LogP contribution in [0.3, 0.4) is 0 Å². The van der Waals surface area contributed by atoms with Crippen molar-refractivity contribution in [3.05, 3.63) is 18.1 Å². The standard InChI is InChI=1S/C14H26N4/c1-5-7-15-14-9-16-13(8-17-14)11-18(6-2)10-12(3)4/h8-9,12H,5-7,10-11H2,1-4H3,(H,15,17). The van der Waals surface area contributed by atoms with Gasteiger partial charge in [-0.15, -0.1) is 0 Å². The molecule has 0 spiro atoms. The van der Waals surface area contributed by atoms with Crippen LogP contribution in [0.15, 0.2) is 12.4 Å². The van der Waals surface area contributed by atoms with Gasteiger partial charge in [0, 0.05) is 19.6 Å². The molecule has 1 aromatic rings. The Hall–Kier alpha value is -1.16. The molecule has 0 aliphatic carbocycles. The van der Waals surface area contributed by atoms with Crippen LogP contribution < -0.4 is 5.32 Å². The fraction of sp³-hybridized carbons (Fsp3) is 0.714. The molecule has 0 atom stereocenters. The highest BCUT2D eigenvalue weighted by Crippen LogP contribution is 2.06. The quantitative estimate of drug-likeness (QED) is 0.770. The van der Waals surface area contributed by atoms with Crippen LogP contribution in [0.25, 0.3) is 0 Å². The predicted molar refractivity (Wildman–Crippen MR) is 76.6 cm³/mol. The minimum absolute atomic E-state index is 0.684. The summed E-state index contributed by atoms with van der Waals surface area (Å²) >= 11 is 0. The van der Waals surface area contributed by atoms with Crippen molar-refractivity contribution in [1.82, 2.24) is 14.9 Å². The van der Waals surface area contributed by atoms with Gasteiger partial charge in [0.15, 0.2) is 0 Å². The predicted octanol–water partition coefficient (Wildman–Crippen LogP) is 2.78. The molecule has 0 amide bonds. The van der Waals surface area contributed by atoms with E-state index in [1.165, 1.54) is 0 Å². The highest BCUT2D eigenvalue weighted by atomic mass is 15.1. The molecule has 1 aromatic heterocycles. The van der Waals surface area contributed by atoms with Crippen molar-refractivity contribution >= 4 is 5.82 Å². The molecule has 4 heteroatoms. The summed E-state index contributed by atoms with van der Waals surface area (Å²) in [6.45, 7) is 12.8. The van der Waals surface area contributed by atoms with E-state index in [4.69, 9.17) is 0 Å².